The van der Waals surface area contributed by atoms with E-state index >= 15 is 0 Å². The predicted molar refractivity (Wildman–Crippen MR) is 117 cm³/mol. The van der Waals surface area contributed by atoms with Crippen LogP contribution in [0, 0.1) is 18.2 Å². The Balaban J connectivity index is 1.56. The molecule has 2 heterocycles. The van der Waals surface area contributed by atoms with E-state index in [-0.39, 0.29) is 30.3 Å². The van der Waals surface area contributed by atoms with Crippen LogP contribution in [0.2, 0.25) is 0 Å². The minimum absolute atomic E-state index is 0.0312. The number of nitrogens with zero attached hydrogens (tertiary/aromatic N) is 3. The number of hydrogen-bond acceptors (Lipinski definition) is 6. The predicted octanol–water partition coefficient (Wildman–Crippen LogP) is 3.07. The third kappa shape index (κ3) is 4.72. The van der Waals surface area contributed by atoms with Crippen LogP contribution in [0.15, 0.2) is 45.9 Å². The molecule has 1 fully saturated rings. The van der Waals surface area contributed by atoms with Crippen molar-refractivity contribution in [2.24, 2.45) is 5.10 Å². The lowest BCUT2D eigenvalue weighted by Crippen LogP contribution is -2.72. The SMILES string of the molecule is Cc1ccc([NH2+]N=CC=N)c(C(=O)N2CCC(F)(F)C2CNc2nc3ccc(F)cc3o2)c1. The molecule has 0 aliphatic carbocycles. The van der Waals surface area contributed by atoms with Crippen LogP contribution in [0.5, 0.6) is 0 Å². The summed E-state index contributed by atoms with van der Waals surface area (Å²) in [6.45, 7) is 1.38. The van der Waals surface area contributed by atoms with E-state index in [1.54, 1.807) is 25.1 Å². The second kappa shape index (κ2) is 9.02. The van der Waals surface area contributed by atoms with Gasteiger partial charge in [-0.1, -0.05) is 11.2 Å². The van der Waals surface area contributed by atoms with Crippen LogP contribution in [-0.4, -0.2) is 53.3 Å². The van der Waals surface area contributed by atoms with Gasteiger partial charge in [0.2, 0.25) is 0 Å². The molecule has 33 heavy (non-hydrogen) atoms. The van der Waals surface area contributed by atoms with Crippen LogP contribution in [-0.2, 0) is 0 Å². The molecule has 0 bridgehead atoms. The van der Waals surface area contributed by atoms with Crippen molar-refractivity contribution >= 4 is 41.1 Å². The maximum atomic E-state index is 14.7. The van der Waals surface area contributed by atoms with Gasteiger partial charge in [-0.2, -0.15) is 10.4 Å². The van der Waals surface area contributed by atoms with Crippen molar-refractivity contribution in [3.63, 3.8) is 0 Å². The van der Waals surface area contributed by atoms with Crippen LogP contribution in [0.4, 0.5) is 24.9 Å². The normalized spacial score (nSPS) is 17.7. The standard InChI is InChI=1S/C22H21F3N6O2/c1-13-2-4-16(30-28-8-7-26)15(10-13)20(32)31-9-6-22(24,25)19(31)12-27-21-29-17-5-3-14(23)11-18(17)33-21/h2-5,7-8,10-11,19,26,30H,6,9,12H2,1H3,(H,27,29)/p+1. The molecule has 0 spiro atoms. The number of hydrogen-bond donors (Lipinski definition) is 3. The molecule has 1 aromatic heterocycles. The highest BCUT2D eigenvalue weighted by Gasteiger charge is 2.51. The fourth-order valence-electron chi connectivity index (χ4n) is 3.77. The van der Waals surface area contributed by atoms with Crippen molar-refractivity contribution < 1.29 is 27.8 Å². The number of nitrogens with one attached hydrogen (secondary N) is 2. The number of aryl methyl sites for hydroxylation is 1. The van der Waals surface area contributed by atoms with Crippen LogP contribution >= 0.6 is 0 Å². The van der Waals surface area contributed by atoms with E-state index in [2.05, 4.69) is 15.4 Å². The highest BCUT2D eigenvalue weighted by Crippen LogP contribution is 2.36. The molecule has 1 saturated heterocycles. The van der Waals surface area contributed by atoms with Gasteiger partial charge in [-0.3, -0.25) is 4.79 Å². The van der Waals surface area contributed by atoms with E-state index in [4.69, 9.17) is 9.83 Å². The van der Waals surface area contributed by atoms with Crippen LogP contribution in [0.1, 0.15) is 22.3 Å². The summed E-state index contributed by atoms with van der Waals surface area (Å²) < 4.78 is 48.2. The van der Waals surface area contributed by atoms with E-state index in [0.29, 0.717) is 11.2 Å². The number of carbonyl (C=O) groups excluding carboxylic acids is 1. The second-order valence-electron chi connectivity index (χ2n) is 7.72. The quantitative estimate of drug-likeness (QED) is 0.218. The van der Waals surface area contributed by atoms with E-state index in [0.717, 1.165) is 22.7 Å². The number of halogens is 3. The maximum Gasteiger partial charge on any atom is 0.295 e. The molecule has 0 radical (unpaired) electrons. The van der Waals surface area contributed by atoms with E-state index in [9.17, 15) is 18.0 Å². The molecule has 2 aromatic carbocycles. The van der Waals surface area contributed by atoms with Crippen LogP contribution < -0.4 is 10.7 Å². The number of likely N-dealkylation sites (tertiary alicyclic amines) is 1. The lowest BCUT2D eigenvalue weighted by atomic mass is 10.1. The zero-order valence-corrected chi connectivity index (χ0v) is 17.7. The number of alkyl halides is 2. The van der Waals surface area contributed by atoms with Crippen molar-refractivity contribution in [1.82, 2.24) is 9.88 Å². The third-order valence-electron chi connectivity index (χ3n) is 5.42. The largest absolute Gasteiger partial charge is 0.423 e. The van der Waals surface area contributed by atoms with Gasteiger partial charge < -0.3 is 20.0 Å². The van der Waals surface area contributed by atoms with Gasteiger partial charge in [0.05, 0.1) is 0 Å². The first kappa shape index (κ1) is 22.5. The Morgan fingerprint density at radius 2 is 2.21 bits per heavy atom. The third-order valence-corrected chi connectivity index (χ3v) is 5.42. The second-order valence-corrected chi connectivity index (χ2v) is 7.72. The molecule has 1 unspecified atom stereocenters. The molecule has 4 N–H and O–H groups in total. The summed E-state index contributed by atoms with van der Waals surface area (Å²) in [6, 6.07) is 7.44. The molecule has 3 aromatic rings. The minimum atomic E-state index is -3.12. The number of aromatic nitrogens is 1. The number of nitrogens with two attached hydrogens (primary N) is 1. The molecule has 4 rings (SSSR count). The summed E-state index contributed by atoms with van der Waals surface area (Å²) >= 11 is 0. The number of quaternary nitrogens is 1. The fourth-order valence-corrected chi connectivity index (χ4v) is 3.77. The summed E-state index contributed by atoms with van der Waals surface area (Å²) in [4.78, 5) is 18.6. The van der Waals surface area contributed by atoms with Crippen molar-refractivity contribution in [3.05, 3.63) is 53.3 Å². The monoisotopic (exact) mass is 459 g/mol. The Morgan fingerprint density at radius 1 is 1.39 bits per heavy atom. The first-order chi connectivity index (χ1) is 15.8. The van der Waals surface area contributed by atoms with Gasteiger partial charge in [0, 0.05) is 37.9 Å². The lowest BCUT2D eigenvalue weighted by molar-refractivity contribution is -0.577. The molecule has 1 aliphatic rings. The van der Waals surface area contributed by atoms with Crippen molar-refractivity contribution in [1.29, 1.82) is 5.41 Å². The number of amides is 1. The summed E-state index contributed by atoms with van der Waals surface area (Å²) in [5.41, 5.74) is 3.50. The number of fused-ring (bicyclic) bond motifs is 1. The van der Waals surface area contributed by atoms with Gasteiger partial charge in [0.15, 0.2) is 11.3 Å². The fraction of sp³-hybridized carbons (Fsp3) is 0.273. The van der Waals surface area contributed by atoms with Gasteiger partial charge in [0.1, 0.15) is 29.2 Å². The maximum absolute atomic E-state index is 14.7. The van der Waals surface area contributed by atoms with E-state index in [1.165, 1.54) is 23.8 Å². The Bertz CT molecular complexity index is 1230. The van der Waals surface area contributed by atoms with Crippen LogP contribution in [0.25, 0.3) is 11.1 Å². The summed E-state index contributed by atoms with van der Waals surface area (Å²) in [5, 5.41) is 13.7. The minimum Gasteiger partial charge on any atom is -0.423 e. The number of anilines is 1. The van der Waals surface area contributed by atoms with E-state index in [1.807, 2.05) is 0 Å². The molecule has 8 nitrogen and oxygen atoms in total. The van der Waals surface area contributed by atoms with Crippen molar-refractivity contribution in [3.8, 4) is 0 Å². The first-order valence-corrected chi connectivity index (χ1v) is 10.2. The molecule has 0 saturated carbocycles. The van der Waals surface area contributed by atoms with Crippen LogP contribution in [0.3, 0.4) is 0 Å². The van der Waals surface area contributed by atoms with Crippen molar-refractivity contribution in [2.45, 2.75) is 25.3 Å². The van der Waals surface area contributed by atoms with Gasteiger partial charge in [-0.05, 0) is 30.7 Å². The molecular formula is C22H22F3N6O2+. The zero-order valence-electron chi connectivity index (χ0n) is 17.7. The van der Waals surface area contributed by atoms with Gasteiger partial charge in [-0.15, -0.1) is 0 Å². The summed E-state index contributed by atoms with van der Waals surface area (Å²) in [7, 11) is 0. The van der Waals surface area contributed by atoms with Crippen molar-refractivity contribution in [2.75, 3.05) is 18.4 Å². The smallest absolute Gasteiger partial charge is 0.295 e. The lowest BCUT2D eigenvalue weighted by Gasteiger charge is -2.28. The zero-order chi connectivity index (χ0) is 23.6. The Kier molecular flexibility index (Phi) is 6.14. The first-order valence-electron chi connectivity index (χ1n) is 10.2. The number of oxazole rings is 1. The highest BCUT2D eigenvalue weighted by atomic mass is 19.3. The Morgan fingerprint density at radius 3 is 3.00 bits per heavy atom. The molecule has 11 heteroatoms. The Hall–Kier alpha value is -3.73. The number of rotatable bonds is 7. The molecule has 1 atom stereocenters. The number of carbonyl (C=O) groups is 1. The van der Waals surface area contributed by atoms with Gasteiger partial charge in [0.25, 0.3) is 17.8 Å². The highest BCUT2D eigenvalue weighted by molar-refractivity contribution is 6.14. The van der Waals surface area contributed by atoms with Gasteiger partial charge in [-0.25, -0.2) is 13.2 Å². The summed E-state index contributed by atoms with van der Waals surface area (Å²) in [5.74, 6) is -4.16. The molecule has 1 aliphatic heterocycles. The number of benzene rings is 2. The Labute approximate surface area is 187 Å². The molecule has 172 valence electrons. The summed E-state index contributed by atoms with van der Waals surface area (Å²) in [6.07, 6.45) is 1.77. The van der Waals surface area contributed by atoms with E-state index < -0.39 is 30.1 Å². The average Bonchev–Trinajstić information content (AvgIpc) is 3.31. The molecule has 1 amide bonds. The average molecular weight is 459 g/mol. The van der Waals surface area contributed by atoms with Gasteiger partial charge >= 0.3 is 0 Å². The topological polar surface area (TPSA) is 111 Å². The molecular weight excluding hydrogens is 437 g/mol.